The quantitative estimate of drug-likeness (QED) is 0.843. The van der Waals surface area contributed by atoms with Crippen LogP contribution < -0.4 is 9.64 Å². The van der Waals surface area contributed by atoms with E-state index in [9.17, 15) is 9.18 Å². The maximum absolute atomic E-state index is 14.1. The number of pyridine rings is 1. The molecule has 0 fully saturated rings. The zero-order valence-electron chi connectivity index (χ0n) is 14.2. The van der Waals surface area contributed by atoms with Crippen molar-refractivity contribution in [3.63, 3.8) is 0 Å². The van der Waals surface area contributed by atoms with E-state index in [1.807, 2.05) is 0 Å². The number of anilines is 1. The second-order valence-corrected chi connectivity index (χ2v) is 6.22. The van der Waals surface area contributed by atoms with E-state index in [2.05, 4.69) is 4.98 Å². The van der Waals surface area contributed by atoms with E-state index >= 15 is 0 Å². The van der Waals surface area contributed by atoms with Gasteiger partial charge in [0.1, 0.15) is 11.4 Å². The van der Waals surface area contributed by atoms with Crippen molar-refractivity contribution in [3.8, 4) is 5.75 Å². The van der Waals surface area contributed by atoms with E-state index in [0.717, 1.165) is 5.56 Å². The van der Waals surface area contributed by atoms with Gasteiger partial charge in [-0.25, -0.2) is 14.2 Å². The number of benzene rings is 1. The molecule has 0 N–H and O–H groups in total. The third kappa shape index (κ3) is 4.68. The van der Waals surface area contributed by atoms with Crippen LogP contribution in [0.5, 0.6) is 5.75 Å². The Hall–Kier alpha value is -2.63. The predicted molar refractivity (Wildman–Crippen MR) is 89.6 cm³/mol. The van der Waals surface area contributed by atoms with Gasteiger partial charge in [-0.15, -0.1) is 0 Å². The summed E-state index contributed by atoms with van der Waals surface area (Å²) in [6.45, 7) is 5.40. The lowest BCUT2D eigenvalue weighted by molar-refractivity contribution is 0.0575. The van der Waals surface area contributed by atoms with Gasteiger partial charge in [0.15, 0.2) is 11.6 Å². The number of hydrogen-bond donors (Lipinski definition) is 0. The minimum atomic E-state index is -0.694. The summed E-state index contributed by atoms with van der Waals surface area (Å²) >= 11 is 0. The fourth-order valence-corrected chi connectivity index (χ4v) is 2.03. The number of carbonyl (C=O) groups excluding carboxylic acids is 1. The molecular weight excluding hydrogens is 311 g/mol. The van der Waals surface area contributed by atoms with Crippen LogP contribution in [0.1, 0.15) is 26.3 Å². The van der Waals surface area contributed by atoms with E-state index < -0.39 is 17.5 Å². The molecular formula is C18H21FN2O3. The molecule has 5 nitrogen and oxygen atoms in total. The summed E-state index contributed by atoms with van der Waals surface area (Å²) in [5.41, 5.74) is 0.104. The van der Waals surface area contributed by atoms with Crippen LogP contribution >= 0.6 is 0 Å². The van der Waals surface area contributed by atoms with Gasteiger partial charge >= 0.3 is 6.09 Å². The molecule has 1 aromatic carbocycles. The molecule has 0 atom stereocenters. The summed E-state index contributed by atoms with van der Waals surface area (Å²) in [7, 11) is 1.57. The van der Waals surface area contributed by atoms with Gasteiger partial charge in [0.05, 0.1) is 13.7 Å². The minimum absolute atomic E-state index is 0.0671. The zero-order valence-corrected chi connectivity index (χ0v) is 14.2. The van der Waals surface area contributed by atoms with Crippen molar-refractivity contribution in [2.45, 2.75) is 32.9 Å². The molecule has 0 aliphatic rings. The maximum atomic E-state index is 14.1. The summed E-state index contributed by atoms with van der Waals surface area (Å²) in [4.78, 5) is 17.7. The SMILES string of the molecule is COc1ccc(CN(C(=O)OC(C)(C)C)c2ncccc2F)cc1. The van der Waals surface area contributed by atoms with E-state index in [1.165, 1.54) is 23.2 Å². The van der Waals surface area contributed by atoms with Crippen molar-refractivity contribution in [1.29, 1.82) is 0 Å². The largest absolute Gasteiger partial charge is 0.497 e. The Morgan fingerprint density at radius 1 is 1.21 bits per heavy atom. The number of halogens is 1. The van der Waals surface area contributed by atoms with Gasteiger partial charge in [0.2, 0.25) is 0 Å². The third-order valence-corrected chi connectivity index (χ3v) is 3.11. The highest BCUT2D eigenvalue weighted by atomic mass is 19.1. The van der Waals surface area contributed by atoms with Gasteiger partial charge < -0.3 is 9.47 Å². The van der Waals surface area contributed by atoms with Crippen molar-refractivity contribution >= 4 is 11.9 Å². The van der Waals surface area contributed by atoms with Crippen molar-refractivity contribution in [2.75, 3.05) is 12.0 Å². The average molecular weight is 332 g/mol. The van der Waals surface area contributed by atoms with Gasteiger partial charge in [-0.2, -0.15) is 0 Å². The highest BCUT2D eigenvalue weighted by molar-refractivity contribution is 5.86. The van der Waals surface area contributed by atoms with Gasteiger partial charge in [-0.3, -0.25) is 4.90 Å². The van der Waals surface area contributed by atoms with Crippen LogP contribution in [0, 0.1) is 5.82 Å². The van der Waals surface area contributed by atoms with Crippen molar-refractivity contribution in [2.24, 2.45) is 0 Å². The molecule has 1 heterocycles. The number of hydrogen-bond acceptors (Lipinski definition) is 4. The smallest absolute Gasteiger partial charge is 0.416 e. The van der Waals surface area contributed by atoms with E-state index in [4.69, 9.17) is 9.47 Å². The second-order valence-electron chi connectivity index (χ2n) is 6.22. The molecule has 0 aliphatic carbocycles. The average Bonchev–Trinajstić information content (AvgIpc) is 2.52. The lowest BCUT2D eigenvalue weighted by Crippen LogP contribution is -2.37. The van der Waals surface area contributed by atoms with Crippen LogP contribution in [-0.2, 0) is 11.3 Å². The summed E-state index contributed by atoms with van der Waals surface area (Å²) in [6.07, 6.45) is 0.778. The molecule has 2 aromatic rings. The molecule has 6 heteroatoms. The summed E-state index contributed by atoms with van der Waals surface area (Å²) in [5, 5.41) is 0. The Morgan fingerprint density at radius 2 is 1.88 bits per heavy atom. The van der Waals surface area contributed by atoms with Crippen molar-refractivity contribution < 1.29 is 18.7 Å². The van der Waals surface area contributed by atoms with Gasteiger partial charge in [0, 0.05) is 6.20 Å². The lowest BCUT2D eigenvalue weighted by atomic mass is 10.2. The monoisotopic (exact) mass is 332 g/mol. The number of rotatable bonds is 4. The molecule has 0 saturated carbocycles. The predicted octanol–water partition coefficient (Wildman–Crippen LogP) is 4.17. The van der Waals surface area contributed by atoms with Crippen LogP contribution in [0.3, 0.4) is 0 Å². The molecule has 128 valence electrons. The van der Waals surface area contributed by atoms with Crippen LogP contribution in [0.15, 0.2) is 42.6 Å². The first kappa shape index (κ1) is 17.7. The summed E-state index contributed by atoms with van der Waals surface area (Å²) in [5.74, 6) is 0.0472. The maximum Gasteiger partial charge on any atom is 0.416 e. The Labute approximate surface area is 141 Å². The highest BCUT2D eigenvalue weighted by Crippen LogP contribution is 2.22. The van der Waals surface area contributed by atoms with Crippen LogP contribution in [-0.4, -0.2) is 23.8 Å². The Kier molecular flexibility index (Phi) is 5.39. The Bertz CT molecular complexity index is 696. The Balaban J connectivity index is 2.31. The summed E-state index contributed by atoms with van der Waals surface area (Å²) < 4.78 is 24.6. The van der Waals surface area contributed by atoms with Gasteiger partial charge in [-0.1, -0.05) is 12.1 Å². The Morgan fingerprint density at radius 3 is 2.42 bits per heavy atom. The van der Waals surface area contributed by atoms with E-state index in [-0.39, 0.29) is 12.4 Å². The topological polar surface area (TPSA) is 51.7 Å². The minimum Gasteiger partial charge on any atom is -0.497 e. The molecule has 0 radical (unpaired) electrons. The number of amides is 1. The second kappa shape index (κ2) is 7.29. The first-order valence-corrected chi connectivity index (χ1v) is 7.54. The number of carbonyl (C=O) groups is 1. The fourth-order valence-electron chi connectivity index (χ4n) is 2.03. The molecule has 1 aromatic heterocycles. The molecule has 2 rings (SSSR count). The molecule has 0 unspecified atom stereocenters. The van der Waals surface area contributed by atoms with Gasteiger partial charge in [0.25, 0.3) is 0 Å². The van der Waals surface area contributed by atoms with Crippen LogP contribution in [0.4, 0.5) is 15.0 Å². The zero-order chi connectivity index (χ0) is 17.7. The van der Waals surface area contributed by atoms with E-state index in [1.54, 1.807) is 52.1 Å². The normalized spacial score (nSPS) is 11.0. The molecule has 0 aliphatic heterocycles. The van der Waals surface area contributed by atoms with Crippen molar-refractivity contribution in [3.05, 3.63) is 54.0 Å². The fraction of sp³-hybridized carbons (Fsp3) is 0.333. The highest BCUT2D eigenvalue weighted by Gasteiger charge is 2.26. The number of aromatic nitrogens is 1. The summed E-state index contributed by atoms with van der Waals surface area (Å²) in [6, 6.07) is 9.88. The van der Waals surface area contributed by atoms with Crippen molar-refractivity contribution in [1.82, 2.24) is 4.98 Å². The van der Waals surface area contributed by atoms with E-state index in [0.29, 0.717) is 5.75 Å². The third-order valence-electron chi connectivity index (χ3n) is 3.11. The number of nitrogens with zero attached hydrogens (tertiary/aromatic N) is 2. The van der Waals surface area contributed by atoms with Crippen LogP contribution in [0.25, 0.3) is 0 Å². The molecule has 0 spiro atoms. The van der Waals surface area contributed by atoms with Gasteiger partial charge in [-0.05, 0) is 50.6 Å². The number of ether oxygens (including phenoxy) is 2. The first-order chi connectivity index (χ1) is 11.3. The first-order valence-electron chi connectivity index (χ1n) is 7.54. The molecule has 1 amide bonds. The lowest BCUT2D eigenvalue weighted by Gasteiger charge is -2.27. The standard InChI is InChI=1S/C18H21FN2O3/c1-18(2,3)24-17(22)21(16-15(19)6-5-11-20-16)12-13-7-9-14(23-4)10-8-13/h5-11H,12H2,1-4H3. The number of methoxy groups -OCH3 is 1. The molecule has 0 saturated heterocycles. The van der Waals surface area contributed by atoms with Crippen LogP contribution in [0.2, 0.25) is 0 Å². The molecule has 24 heavy (non-hydrogen) atoms. The molecule has 0 bridgehead atoms.